The van der Waals surface area contributed by atoms with Crippen LogP contribution in [-0.2, 0) is 11.3 Å². The number of nitrogens with one attached hydrogen (secondary N) is 1. The number of nitro benzene ring substituents is 1. The highest BCUT2D eigenvalue weighted by Crippen LogP contribution is 2.27. The summed E-state index contributed by atoms with van der Waals surface area (Å²) >= 11 is 0. The van der Waals surface area contributed by atoms with Crippen molar-refractivity contribution in [2.24, 2.45) is 0 Å². The van der Waals surface area contributed by atoms with Crippen molar-refractivity contribution in [1.82, 2.24) is 5.32 Å². The van der Waals surface area contributed by atoms with Crippen LogP contribution >= 0.6 is 0 Å². The molecule has 0 bridgehead atoms. The predicted molar refractivity (Wildman–Crippen MR) is 77.1 cm³/mol. The molecule has 112 valence electrons. The number of unbranched alkanes of at least 4 members (excludes halogenated alkanes) is 1. The quantitative estimate of drug-likeness (QED) is 0.405. The summed E-state index contributed by atoms with van der Waals surface area (Å²) in [6.45, 7) is 4.13. The van der Waals surface area contributed by atoms with Gasteiger partial charge in [-0.3, -0.25) is 10.1 Å². The van der Waals surface area contributed by atoms with Crippen molar-refractivity contribution < 1.29 is 14.4 Å². The van der Waals surface area contributed by atoms with Gasteiger partial charge in [-0.05, 0) is 25.1 Å². The third-order valence-electron chi connectivity index (χ3n) is 2.73. The number of rotatable bonds is 10. The molecule has 1 aromatic carbocycles. The summed E-state index contributed by atoms with van der Waals surface area (Å²) in [7, 11) is 1.80. The maximum atomic E-state index is 11.0. The van der Waals surface area contributed by atoms with E-state index in [4.69, 9.17) is 9.47 Å². The van der Waals surface area contributed by atoms with Crippen molar-refractivity contribution in [3.63, 3.8) is 0 Å². The van der Waals surface area contributed by atoms with Crippen LogP contribution in [-0.4, -0.2) is 31.8 Å². The van der Waals surface area contributed by atoms with E-state index in [0.717, 1.165) is 18.4 Å². The molecule has 0 heterocycles. The number of hydrogen-bond acceptors (Lipinski definition) is 5. The molecule has 0 aliphatic heterocycles. The van der Waals surface area contributed by atoms with Gasteiger partial charge in [-0.25, -0.2) is 0 Å². The molecule has 0 unspecified atom stereocenters. The summed E-state index contributed by atoms with van der Waals surface area (Å²) in [5.74, 6) is 0.286. The van der Waals surface area contributed by atoms with Crippen LogP contribution in [0, 0.1) is 10.1 Å². The fourth-order valence-electron chi connectivity index (χ4n) is 1.70. The molecule has 0 aromatic heterocycles. The average molecular weight is 282 g/mol. The first-order valence-electron chi connectivity index (χ1n) is 6.81. The Balaban J connectivity index is 2.53. The number of hydrogen-bond donors (Lipinski definition) is 1. The minimum atomic E-state index is -0.424. The van der Waals surface area contributed by atoms with Gasteiger partial charge in [0.15, 0.2) is 5.75 Å². The van der Waals surface area contributed by atoms with E-state index in [1.54, 1.807) is 13.1 Å². The molecule has 0 aliphatic carbocycles. The summed E-state index contributed by atoms with van der Waals surface area (Å²) in [6.07, 6.45) is 2.10. The molecule has 6 heteroatoms. The Hall–Kier alpha value is -1.66. The molecule has 0 radical (unpaired) electrons. The van der Waals surface area contributed by atoms with Crippen LogP contribution in [0.4, 0.5) is 5.69 Å². The van der Waals surface area contributed by atoms with Crippen LogP contribution in [0.1, 0.15) is 25.3 Å². The largest absolute Gasteiger partial charge is 0.484 e. The standard InChI is InChI=1S/C14H22N2O4/c1-3-4-7-19-8-9-20-14-6-5-12(11-15-2)10-13(14)16(17)18/h5-6,10,15H,3-4,7-9,11H2,1-2H3. The van der Waals surface area contributed by atoms with E-state index < -0.39 is 4.92 Å². The first kappa shape index (κ1) is 16.4. The van der Waals surface area contributed by atoms with Gasteiger partial charge >= 0.3 is 5.69 Å². The molecule has 0 spiro atoms. The Labute approximate surface area is 119 Å². The van der Waals surface area contributed by atoms with Crippen LogP contribution in [0.3, 0.4) is 0 Å². The van der Waals surface area contributed by atoms with Gasteiger partial charge in [-0.1, -0.05) is 19.4 Å². The van der Waals surface area contributed by atoms with Crippen molar-refractivity contribution in [2.75, 3.05) is 26.9 Å². The zero-order chi connectivity index (χ0) is 14.8. The van der Waals surface area contributed by atoms with E-state index >= 15 is 0 Å². The lowest BCUT2D eigenvalue weighted by Gasteiger charge is -2.08. The first-order valence-corrected chi connectivity index (χ1v) is 6.81. The fraction of sp³-hybridized carbons (Fsp3) is 0.571. The van der Waals surface area contributed by atoms with Crippen LogP contribution in [0.2, 0.25) is 0 Å². The van der Waals surface area contributed by atoms with Gasteiger partial charge in [-0.2, -0.15) is 0 Å². The summed E-state index contributed by atoms with van der Waals surface area (Å²) < 4.78 is 10.8. The highest BCUT2D eigenvalue weighted by atomic mass is 16.6. The highest BCUT2D eigenvalue weighted by molar-refractivity contribution is 5.48. The van der Waals surface area contributed by atoms with Gasteiger partial charge < -0.3 is 14.8 Å². The Morgan fingerprint density at radius 3 is 2.75 bits per heavy atom. The van der Waals surface area contributed by atoms with Crippen LogP contribution < -0.4 is 10.1 Å². The lowest BCUT2D eigenvalue weighted by atomic mass is 10.2. The monoisotopic (exact) mass is 282 g/mol. The number of nitro groups is 1. The number of nitrogens with zero attached hydrogens (tertiary/aromatic N) is 1. The van der Waals surface area contributed by atoms with E-state index in [1.807, 2.05) is 6.07 Å². The van der Waals surface area contributed by atoms with E-state index in [0.29, 0.717) is 26.4 Å². The third kappa shape index (κ3) is 5.54. The Morgan fingerprint density at radius 1 is 1.30 bits per heavy atom. The molecule has 0 fully saturated rings. The van der Waals surface area contributed by atoms with Crippen molar-refractivity contribution in [3.05, 3.63) is 33.9 Å². The zero-order valence-corrected chi connectivity index (χ0v) is 12.1. The average Bonchev–Trinajstić information content (AvgIpc) is 2.44. The second kappa shape index (κ2) is 9.28. The van der Waals surface area contributed by atoms with Crippen LogP contribution in [0.5, 0.6) is 5.75 Å². The topological polar surface area (TPSA) is 73.6 Å². The van der Waals surface area contributed by atoms with E-state index in [9.17, 15) is 10.1 Å². The molecule has 0 aliphatic rings. The molecule has 20 heavy (non-hydrogen) atoms. The highest BCUT2D eigenvalue weighted by Gasteiger charge is 2.15. The molecule has 1 rings (SSSR count). The van der Waals surface area contributed by atoms with Gasteiger partial charge in [-0.15, -0.1) is 0 Å². The predicted octanol–water partition coefficient (Wildman–Crippen LogP) is 2.51. The summed E-state index contributed by atoms with van der Waals surface area (Å²) in [4.78, 5) is 10.6. The Bertz CT molecular complexity index is 424. The Morgan fingerprint density at radius 2 is 2.10 bits per heavy atom. The zero-order valence-electron chi connectivity index (χ0n) is 12.1. The second-order valence-corrected chi connectivity index (χ2v) is 4.40. The van der Waals surface area contributed by atoms with Crippen molar-refractivity contribution in [2.45, 2.75) is 26.3 Å². The maximum Gasteiger partial charge on any atom is 0.311 e. The van der Waals surface area contributed by atoms with Gasteiger partial charge in [0.1, 0.15) is 6.61 Å². The molecule has 0 saturated heterocycles. The lowest BCUT2D eigenvalue weighted by molar-refractivity contribution is -0.386. The summed E-state index contributed by atoms with van der Waals surface area (Å²) in [5, 5.41) is 14.0. The molecular formula is C14H22N2O4. The molecule has 6 nitrogen and oxygen atoms in total. The van der Waals surface area contributed by atoms with Gasteiger partial charge in [0.2, 0.25) is 0 Å². The SMILES string of the molecule is CCCCOCCOc1ccc(CNC)cc1[N+](=O)[O-]. The molecule has 0 amide bonds. The van der Waals surface area contributed by atoms with Crippen molar-refractivity contribution in [3.8, 4) is 5.75 Å². The van der Waals surface area contributed by atoms with Gasteiger partial charge in [0, 0.05) is 19.2 Å². The molecule has 0 atom stereocenters. The smallest absolute Gasteiger partial charge is 0.311 e. The first-order chi connectivity index (χ1) is 9.69. The van der Waals surface area contributed by atoms with Crippen LogP contribution in [0.15, 0.2) is 18.2 Å². The summed E-state index contributed by atoms with van der Waals surface area (Å²) in [5.41, 5.74) is 0.844. The van der Waals surface area contributed by atoms with Gasteiger partial charge in [0.05, 0.1) is 11.5 Å². The fourth-order valence-corrected chi connectivity index (χ4v) is 1.70. The summed E-state index contributed by atoms with van der Waals surface area (Å²) in [6, 6.07) is 4.98. The van der Waals surface area contributed by atoms with Crippen LogP contribution in [0.25, 0.3) is 0 Å². The van der Waals surface area contributed by atoms with Gasteiger partial charge in [0.25, 0.3) is 0 Å². The number of benzene rings is 1. The van der Waals surface area contributed by atoms with E-state index in [1.165, 1.54) is 6.07 Å². The molecule has 1 aromatic rings. The second-order valence-electron chi connectivity index (χ2n) is 4.40. The minimum absolute atomic E-state index is 0.00805. The van der Waals surface area contributed by atoms with E-state index in [2.05, 4.69) is 12.2 Å². The molecule has 1 N–H and O–H groups in total. The molecule has 0 saturated carbocycles. The van der Waals surface area contributed by atoms with Crippen molar-refractivity contribution >= 4 is 5.69 Å². The Kier molecular flexibility index (Phi) is 7.60. The molecular weight excluding hydrogens is 260 g/mol. The third-order valence-corrected chi connectivity index (χ3v) is 2.73. The normalized spacial score (nSPS) is 10.5. The number of ether oxygens (including phenoxy) is 2. The minimum Gasteiger partial charge on any atom is -0.484 e. The van der Waals surface area contributed by atoms with Crippen molar-refractivity contribution in [1.29, 1.82) is 0 Å². The maximum absolute atomic E-state index is 11.0. The lowest BCUT2D eigenvalue weighted by Crippen LogP contribution is -2.09. The van der Waals surface area contributed by atoms with E-state index in [-0.39, 0.29) is 11.4 Å².